The summed E-state index contributed by atoms with van der Waals surface area (Å²) in [7, 11) is -3.60. The van der Waals surface area contributed by atoms with Crippen molar-refractivity contribution in [3.05, 3.63) is 65.7 Å². The van der Waals surface area contributed by atoms with E-state index >= 15 is 0 Å². The van der Waals surface area contributed by atoms with Gasteiger partial charge >= 0.3 is 0 Å². The average Bonchev–Trinajstić information content (AvgIpc) is 2.48. The molecule has 0 aromatic heterocycles. The molecule has 2 aromatic rings. The highest BCUT2D eigenvalue weighted by molar-refractivity contribution is 7.92. The van der Waals surface area contributed by atoms with Crippen molar-refractivity contribution in [1.82, 2.24) is 0 Å². The number of benzene rings is 2. The van der Waals surface area contributed by atoms with Crippen LogP contribution >= 0.6 is 11.6 Å². The molecule has 3 nitrogen and oxygen atoms in total. The molecule has 20 heavy (non-hydrogen) atoms. The van der Waals surface area contributed by atoms with Gasteiger partial charge in [-0.2, -0.15) is 0 Å². The minimum Gasteiger partial charge on any atom is -0.293 e. The summed E-state index contributed by atoms with van der Waals surface area (Å²) in [5.41, 5.74) is 1.26. The third-order valence-electron chi connectivity index (χ3n) is 2.85. The maximum atomic E-state index is 12.1. The molecule has 0 bridgehead atoms. The molecule has 0 spiro atoms. The van der Waals surface area contributed by atoms with Crippen molar-refractivity contribution in [2.45, 2.75) is 10.8 Å². The second kappa shape index (κ2) is 6.20. The van der Waals surface area contributed by atoms with Gasteiger partial charge in [-0.15, -0.1) is 11.6 Å². The molecule has 0 aliphatic heterocycles. The number of hydrogen-bond acceptors (Lipinski definition) is 3. The van der Waals surface area contributed by atoms with E-state index in [1.807, 2.05) is 0 Å². The minimum atomic E-state index is -3.60. The molecular formula is C15H13ClO3S. The van der Waals surface area contributed by atoms with Gasteiger partial charge in [-0.25, -0.2) is 8.42 Å². The van der Waals surface area contributed by atoms with E-state index < -0.39 is 21.4 Å². The predicted molar refractivity (Wildman–Crippen MR) is 78.8 cm³/mol. The second-order valence-corrected chi connectivity index (χ2v) is 6.58. The first-order valence-electron chi connectivity index (χ1n) is 5.99. The Labute approximate surface area is 123 Å². The zero-order valence-electron chi connectivity index (χ0n) is 10.6. The smallest absolute Gasteiger partial charge is 0.185 e. The highest BCUT2D eigenvalue weighted by Gasteiger charge is 2.19. The zero-order chi connectivity index (χ0) is 14.6. The van der Waals surface area contributed by atoms with Crippen LogP contribution in [-0.4, -0.2) is 20.0 Å². The summed E-state index contributed by atoms with van der Waals surface area (Å²) in [6.07, 6.45) is 0. The maximum Gasteiger partial charge on any atom is 0.185 e. The number of sulfone groups is 1. The zero-order valence-corrected chi connectivity index (χ0v) is 12.2. The number of alkyl halides is 1. The molecule has 5 heteroatoms. The largest absolute Gasteiger partial charge is 0.293 e. The first-order valence-corrected chi connectivity index (χ1v) is 8.17. The maximum absolute atomic E-state index is 12.1. The van der Waals surface area contributed by atoms with E-state index in [0.29, 0.717) is 11.4 Å². The van der Waals surface area contributed by atoms with Crippen LogP contribution < -0.4 is 0 Å². The quantitative estimate of drug-likeness (QED) is 0.630. The van der Waals surface area contributed by atoms with Crippen molar-refractivity contribution >= 4 is 27.2 Å². The van der Waals surface area contributed by atoms with Gasteiger partial charge in [0.2, 0.25) is 0 Å². The molecule has 0 aliphatic carbocycles. The lowest BCUT2D eigenvalue weighted by molar-refractivity contribution is 0.102. The Balaban J connectivity index is 2.18. The normalized spacial score (nSPS) is 11.2. The van der Waals surface area contributed by atoms with Gasteiger partial charge in [0.05, 0.1) is 4.90 Å². The van der Waals surface area contributed by atoms with Gasteiger partial charge in [0, 0.05) is 11.4 Å². The van der Waals surface area contributed by atoms with Gasteiger partial charge in [-0.3, -0.25) is 4.79 Å². The van der Waals surface area contributed by atoms with E-state index in [1.165, 1.54) is 12.1 Å². The molecule has 0 saturated heterocycles. The van der Waals surface area contributed by atoms with Crippen LogP contribution in [0.25, 0.3) is 0 Å². The van der Waals surface area contributed by atoms with Gasteiger partial charge < -0.3 is 0 Å². The Morgan fingerprint density at radius 3 is 2.10 bits per heavy atom. The summed E-state index contributed by atoms with van der Waals surface area (Å²) in [5, 5.41) is 0. The first kappa shape index (κ1) is 14.8. The predicted octanol–water partition coefficient (Wildman–Crippen LogP) is 3.08. The fourth-order valence-electron chi connectivity index (χ4n) is 1.75. The van der Waals surface area contributed by atoms with Crippen molar-refractivity contribution in [2.75, 3.05) is 5.75 Å². The van der Waals surface area contributed by atoms with Gasteiger partial charge in [0.25, 0.3) is 0 Å². The van der Waals surface area contributed by atoms with Gasteiger partial charge in [0.1, 0.15) is 5.75 Å². The molecular weight excluding hydrogens is 296 g/mol. The van der Waals surface area contributed by atoms with Crippen molar-refractivity contribution in [2.24, 2.45) is 0 Å². The van der Waals surface area contributed by atoms with Crippen molar-refractivity contribution in [1.29, 1.82) is 0 Å². The van der Waals surface area contributed by atoms with E-state index in [1.54, 1.807) is 42.5 Å². The molecule has 0 N–H and O–H groups in total. The minimum absolute atomic E-state index is 0.158. The van der Waals surface area contributed by atoms with E-state index in [-0.39, 0.29) is 4.90 Å². The van der Waals surface area contributed by atoms with Crippen LogP contribution in [0.15, 0.2) is 59.5 Å². The van der Waals surface area contributed by atoms with Crippen LogP contribution in [0.1, 0.15) is 15.9 Å². The molecule has 2 rings (SSSR count). The Morgan fingerprint density at radius 1 is 0.950 bits per heavy atom. The number of carbonyl (C=O) groups is 1. The highest BCUT2D eigenvalue weighted by atomic mass is 35.5. The Hall–Kier alpha value is -1.65. The highest BCUT2D eigenvalue weighted by Crippen LogP contribution is 2.13. The average molecular weight is 309 g/mol. The molecule has 0 amide bonds. The number of hydrogen-bond donors (Lipinski definition) is 0. The summed E-state index contributed by atoms with van der Waals surface area (Å²) in [6.45, 7) is 0. The Bertz CT molecular complexity index is 692. The van der Waals surface area contributed by atoms with E-state index in [9.17, 15) is 13.2 Å². The fourth-order valence-corrected chi connectivity index (χ4v) is 3.18. The van der Waals surface area contributed by atoms with Gasteiger partial charge in [-0.05, 0) is 17.7 Å². The monoisotopic (exact) mass is 308 g/mol. The summed E-state index contributed by atoms with van der Waals surface area (Å²) in [5.74, 6) is -0.594. The molecule has 0 fully saturated rings. The first-order chi connectivity index (χ1) is 9.53. The fraction of sp³-hybridized carbons (Fsp3) is 0.133. The molecule has 0 heterocycles. The lowest BCUT2D eigenvalue weighted by Crippen LogP contribution is -2.16. The summed E-state index contributed by atoms with van der Waals surface area (Å²) < 4.78 is 24.2. The van der Waals surface area contributed by atoms with Crippen LogP contribution in [0.4, 0.5) is 0 Å². The topological polar surface area (TPSA) is 51.2 Å². The van der Waals surface area contributed by atoms with Gasteiger partial charge in [0.15, 0.2) is 15.6 Å². The van der Waals surface area contributed by atoms with E-state index in [2.05, 4.69) is 0 Å². The second-order valence-electron chi connectivity index (χ2n) is 4.33. The van der Waals surface area contributed by atoms with Crippen molar-refractivity contribution in [3.63, 3.8) is 0 Å². The standard InChI is InChI=1S/C15H13ClO3S/c16-10-12-6-8-13(9-7-12)15(17)11-20(18,19)14-4-2-1-3-5-14/h1-9H,10-11H2. The number of halogens is 1. The van der Waals surface area contributed by atoms with E-state index in [0.717, 1.165) is 5.56 Å². The lowest BCUT2D eigenvalue weighted by Gasteiger charge is -2.04. The van der Waals surface area contributed by atoms with Crippen LogP contribution in [-0.2, 0) is 15.7 Å². The van der Waals surface area contributed by atoms with Crippen LogP contribution in [0.2, 0.25) is 0 Å². The van der Waals surface area contributed by atoms with Crippen molar-refractivity contribution < 1.29 is 13.2 Å². The van der Waals surface area contributed by atoms with Crippen LogP contribution in [0.5, 0.6) is 0 Å². The third kappa shape index (κ3) is 3.46. The van der Waals surface area contributed by atoms with Crippen molar-refractivity contribution in [3.8, 4) is 0 Å². The molecule has 104 valence electrons. The summed E-state index contributed by atoms with van der Waals surface area (Å²) in [6, 6.07) is 14.6. The molecule has 2 aromatic carbocycles. The van der Waals surface area contributed by atoms with E-state index in [4.69, 9.17) is 11.6 Å². The molecule has 0 radical (unpaired) electrons. The van der Waals surface area contributed by atoms with Gasteiger partial charge in [-0.1, -0.05) is 42.5 Å². The number of carbonyl (C=O) groups excluding carboxylic acids is 1. The molecule has 0 saturated carbocycles. The Morgan fingerprint density at radius 2 is 1.55 bits per heavy atom. The van der Waals surface area contributed by atoms with Crippen LogP contribution in [0, 0.1) is 0 Å². The molecule has 0 unspecified atom stereocenters. The number of ketones is 1. The number of rotatable bonds is 5. The SMILES string of the molecule is O=C(CS(=O)(=O)c1ccccc1)c1ccc(CCl)cc1. The summed E-state index contributed by atoms with van der Waals surface area (Å²) in [4.78, 5) is 12.2. The third-order valence-corrected chi connectivity index (χ3v) is 4.79. The Kier molecular flexibility index (Phi) is 4.57. The molecule has 0 aliphatic rings. The lowest BCUT2D eigenvalue weighted by atomic mass is 10.1. The van der Waals surface area contributed by atoms with Crippen LogP contribution in [0.3, 0.4) is 0 Å². The number of Topliss-reactive ketones (excluding diaryl/α,β-unsaturated/α-hetero) is 1. The summed E-state index contributed by atoms with van der Waals surface area (Å²) >= 11 is 5.66. The molecule has 0 atom stereocenters.